The highest BCUT2D eigenvalue weighted by atomic mass is 16.2. The van der Waals surface area contributed by atoms with Gasteiger partial charge in [0.05, 0.1) is 0 Å². The van der Waals surface area contributed by atoms with Gasteiger partial charge >= 0.3 is 6.03 Å². The molecule has 3 rings (SSSR count). The number of hydrogen-bond acceptors (Lipinski definition) is 2. The molecule has 0 aromatic rings. The average Bonchev–Trinajstić information content (AvgIpc) is 2.19. The molecule has 0 heterocycles. The van der Waals surface area contributed by atoms with E-state index in [0.717, 1.165) is 11.8 Å². The summed E-state index contributed by atoms with van der Waals surface area (Å²) in [5.41, 5.74) is 7.18. The van der Waals surface area contributed by atoms with Crippen LogP contribution in [0.4, 0.5) is 4.79 Å². The molecule has 3 N–H and O–H groups in total. The van der Waals surface area contributed by atoms with Crippen molar-refractivity contribution in [2.75, 3.05) is 0 Å². The van der Waals surface area contributed by atoms with Crippen LogP contribution in [0.5, 0.6) is 0 Å². The Morgan fingerprint density at radius 1 is 1.36 bits per heavy atom. The van der Waals surface area contributed by atoms with E-state index in [9.17, 15) is 4.79 Å². The van der Waals surface area contributed by atoms with E-state index in [-0.39, 0.29) is 0 Å². The molecule has 0 spiro atoms. The number of urea groups is 1. The fourth-order valence-electron chi connectivity index (χ4n) is 2.81. The Bertz CT molecular complexity index is 244. The number of carbonyl (C=O) groups excluding carboxylic acids is 1. The third-order valence-corrected chi connectivity index (χ3v) is 3.54. The summed E-state index contributed by atoms with van der Waals surface area (Å²) < 4.78 is 0. The molecule has 0 radical (unpaired) electrons. The summed E-state index contributed by atoms with van der Waals surface area (Å²) in [6, 6.07) is -0.581. The second kappa shape index (κ2) is 3.98. The summed E-state index contributed by atoms with van der Waals surface area (Å²) in [7, 11) is 0. The van der Waals surface area contributed by atoms with Crippen molar-refractivity contribution in [1.82, 2.24) is 5.43 Å². The van der Waals surface area contributed by atoms with E-state index in [1.807, 2.05) is 6.21 Å². The number of nitrogens with one attached hydrogen (secondary N) is 1. The Hall–Kier alpha value is -1.06. The molecule has 0 aromatic heterocycles. The van der Waals surface area contributed by atoms with E-state index in [1.54, 1.807) is 0 Å². The highest BCUT2D eigenvalue weighted by molar-refractivity contribution is 5.73. The number of amides is 2. The number of rotatable bonds is 2. The minimum atomic E-state index is -0.581. The smallest absolute Gasteiger partial charge is 0.332 e. The van der Waals surface area contributed by atoms with E-state index in [1.165, 1.54) is 32.1 Å². The van der Waals surface area contributed by atoms with Crippen LogP contribution in [-0.2, 0) is 0 Å². The molecular formula is C10H17N3O. The molecular weight excluding hydrogens is 178 g/mol. The zero-order valence-corrected chi connectivity index (χ0v) is 8.28. The molecule has 3 fully saturated rings. The van der Waals surface area contributed by atoms with E-state index < -0.39 is 6.03 Å². The third kappa shape index (κ3) is 2.05. The topological polar surface area (TPSA) is 67.5 Å². The second-order valence-electron chi connectivity index (χ2n) is 4.43. The number of hydrazone groups is 1. The summed E-state index contributed by atoms with van der Waals surface area (Å²) in [5, 5.41) is 3.86. The third-order valence-electron chi connectivity index (χ3n) is 3.54. The van der Waals surface area contributed by atoms with Gasteiger partial charge in [-0.1, -0.05) is 12.8 Å². The quantitative estimate of drug-likeness (QED) is 0.508. The first kappa shape index (κ1) is 9.49. The Morgan fingerprint density at radius 3 is 2.57 bits per heavy atom. The van der Waals surface area contributed by atoms with Crippen LogP contribution < -0.4 is 11.2 Å². The molecule has 0 aliphatic heterocycles. The molecule has 4 heteroatoms. The highest BCUT2D eigenvalue weighted by Crippen LogP contribution is 2.44. The van der Waals surface area contributed by atoms with Gasteiger partial charge in [-0.2, -0.15) is 5.10 Å². The molecule has 78 valence electrons. The highest BCUT2D eigenvalue weighted by Gasteiger charge is 2.34. The van der Waals surface area contributed by atoms with Crippen LogP contribution in [0.1, 0.15) is 32.1 Å². The van der Waals surface area contributed by atoms with Gasteiger partial charge in [0.25, 0.3) is 0 Å². The van der Waals surface area contributed by atoms with Crippen molar-refractivity contribution in [3.8, 4) is 0 Å². The maximum Gasteiger partial charge on any atom is 0.332 e. The van der Waals surface area contributed by atoms with Crippen molar-refractivity contribution in [2.24, 2.45) is 28.6 Å². The SMILES string of the molecule is NC(=O)N/N=C/C1CC2CCC1CC2. The van der Waals surface area contributed by atoms with Crippen LogP contribution in [0.15, 0.2) is 5.10 Å². The Morgan fingerprint density at radius 2 is 2.07 bits per heavy atom. The standard InChI is InChI=1S/C10H17N3O/c11-10(14)13-12-6-9-5-7-1-3-8(9)4-2-7/h6-9H,1-5H2,(H3,11,13,14)/b12-6+. The zero-order chi connectivity index (χ0) is 9.97. The summed E-state index contributed by atoms with van der Waals surface area (Å²) in [6.07, 6.45) is 8.56. The Labute approximate surface area is 83.9 Å². The molecule has 2 amide bonds. The maximum absolute atomic E-state index is 10.4. The fraction of sp³-hybridized carbons (Fsp3) is 0.800. The van der Waals surface area contributed by atoms with Gasteiger partial charge in [0.15, 0.2) is 0 Å². The number of nitrogens with two attached hydrogens (primary N) is 1. The van der Waals surface area contributed by atoms with E-state index >= 15 is 0 Å². The van der Waals surface area contributed by atoms with Gasteiger partial charge < -0.3 is 5.73 Å². The van der Waals surface area contributed by atoms with Gasteiger partial charge in [-0.3, -0.25) is 0 Å². The summed E-state index contributed by atoms with van der Waals surface area (Å²) in [6.45, 7) is 0. The lowest BCUT2D eigenvalue weighted by Gasteiger charge is -2.40. The molecule has 3 aliphatic carbocycles. The summed E-state index contributed by atoms with van der Waals surface area (Å²) in [5.74, 6) is 2.25. The van der Waals surface area contributed by atoms with E-state index in [4.69, 9.17) is 5.73 Å². The van der Waals surface area contributed by atoms with Crippen LogP contribution >= 0.6 is 0 Å². The fourth-order valence-corrected chi connectivity index (χ4v) is 2.81. The molecule has 1 atom stereocenters. The van der Waals surface area contributed by atoms with Crippen molar-refractivity contribution in [3.05, 3.63) is 0 Å². The van der Waals surface area contributed by atoms with Crippen LogP contribution in [-0.4, -0.2) is 12.2 Å². The maximum atomic E-state index is 10.4. The van der Waals surface area contributed by atoms with Crippen LogP contribution in [0, 0.1) is 17.8 Å². The van der Waals surface area contributed by atoms with E-state index in [0.29, 0.717) is 5.92 Å². The van der Waals surface area contributed by atoms with Gasteiger partial charge in [0.2, 0.25) is 0 Å². The summed E-state index contributed by atoms with van der Waals surface area (Å²) >= 11 is 0. The monoisotopic (exact) mass is 195 g/mol. The molecule has 0 saturated heterocycles. The first-order valence-corrected chi connectivity index (χ1v) is 5.34. The van der Waals surface area contributed by atoms with Crippen molar-refractivity contribution in [3.63, 3.8) is 0 Å². The first-order chi connectivity index (χ1) is 6.75. The van der Waals surface area contributed by atoms with Crippen molar-refractivity contribution >= 4 is 12.2 Å². The Balaban J connectivity index is 1.86. The molecule has 4 nitrogen and oxygen atoms in total. The van der Waals surface area contributed by atoms with Crippen molar-refractivity contribution in [1.29, 1.82) is 0 Å². The molecule has 1 unspecified atom stereocenters. The molecule has 3 aliphatic rings. The van der Waals surface area contributed by atoms with Gasteiger partial charge in [-0.15, -0.1) is 0 Å². The summed E-state index contributed by atoms with van der Waals surface area (Å²) in [4.78, 5) is 10.4. The number of carbonyl (C=O) groups is 1. The van der Waals surface area contributed by atoms with Gasteiger partial charge in [0, 0.05) is 6.21 Å². The predicted molar refractivity (Wildman–Crippen MR) is 54.8 cm³/mol. The lowest BCUT2D eigenvalue weighted by atomic mass is 9.65. The van der Waals surface area contributed by atoms with E-state index in [2.05, 4.69) is 10.5 Å². The molecule has 3 saturated carbocycles. The van der Waals surface area contributed by atoms with Crippen molar-refractivity contribution in [2.45, 2.75) is 32.1 Å². The average molecular weight is 195 g/mol. The first-order valence-electron chi connectivity index (χ1n) is 5.34. The molecule has 14 heavy (non-hydrogen) atoms. The second-order valence-corrected chi connectivity index (χ2v) is 4.43. The minimum Gasteiger partial charge on any atom is -0.350 e. The number of hydrogen-bond donors (Lipinski definition) is 2. The number of nitrogens with zero attached hydrogens (tertiary/aromatic N) is 1. The number of primary amides is 1. The van der Waals surface area contributed by atoms with Gasteiger partial charge in [-0.25, -0.2) is 10.2 Å². The van der Waals surface area contributed by atoms with Crippen LogP contribution in [0.3, 0.4) is 0 Å². The number of fused-ring (bicyclic) bond motifs is 3. The lowest BCUT2D eigenvalue weighted by Crippen LogP contribution is -2.33. The van der Waals surface area contributed by atoms with Gasteiger partial charge in [-0.05, 0) is 37.0 Å². The van der Waals surface area contributed by atoms with Crippen LogP contribution in [0.2, 0.25) is 0 Å². The predicted octanol–water partition coefficient (Wildman–Crippen LogP) is 1.47. The van der Waals surface area contributed by atoms with Crippen molar-refractivity contribution < 1.29 is 4.79 Å². The normalized spacial score (nSPS) is 36.1. The molecule has 2 bridgehead atoms. The Kier molecular flexibility index (Phi) is 2.70. The zero-order valence-electron chi connectivity index (χ0n) is 8.28. The minimum absolute atomic E-state index is 0.564. The lowest BCUT2D eigenvalue weighted by molar-refractivity contribution is 0.141. The largest absolute Gasteiger partial charge is 0.350 e. The van der Waals surface area contributed by atoms with Crippen LogP contribution in [0.25, 0.3) is 0 Å². The van der Waals surface area contributed by atoms with Gasteiger partial charge in [0.1, 0.15) is 0 Å². The molecule has 0 aromatic carbocycles.